The van der Waals surface area contributed by atoms with Gasteiger partial charge in [0.05, 0.1) is 31.2 Å². The smallest absolute Gasteiger partial charge is 0.336 e. The van der Waals surface area contributed by atoms with E-state index in [-0.39, 0.29) is 42.8 Å². The molecule has 3 aliphatic rings. The summed E-state index contributed by atoms with van der Waals surface area (Å²) in [5, 5.41) is 19.3. The Kier molecular flexibility index (Phi) is 4.68. The van der Waals surface area contributed by atoms with Crippen molar-refractivity contribution < 1.29 is 24.5 Å². The highest BCUT2D eigenvalue weighted by atomic mass is 16.6. The Labute approximate surface area is 176 Å². The van der Waals surface area contributed by atoms with Crippen LogP contribution in [-0.2, 0) is 20.8 Å². The molecule has 31 heavy (non-hydrogen) atoms. The Morgan fingerprint density at radius 2 is 2.16 bits per heavy atom. The van der Waals surface area contributed by atoms with Crippen molar-refractivity contribution in [2.45, 2.75) is 57.3 Å². The molecule has 2 aromatic rings. The third kappa shape index (κ3) is 3.16. The zero-order chi connectivity index (χ0) is 21.9. The number of allylic oxidation sites excluding steroid dienone is 1. The number of nitrogens with zero attached hydrogens (tertiary/aromatic N) is 4. The lowest BCUT2D eigenvalue weighted by Crippen LogP contribution is -2.27. The Balaban J connectivity index is 1.53. The summed E-state index contributed by atoms with van der Waals surface area (Å²) in [4.78, 5) is 34.1. The minimum atomic E-state index is -0.841. The summed E-state index contributed by atoms with van der Waals surface area (Å²) in [6, 6.07) is 0. The number of nitrogen functional groups attached to an aromatic ring is 1. The van der Waals surface area contributed by atoms with E-state index in [4.69, 9.17) is 15.2 Å². The quantitative estimate of drug-likeness (QED) is 0.559. The lowest BCUT2D eigenvalue weighted by Gasteiger charge is -2.17. The van der Waals surface area contributed by atoms with Gasteiger partial charge in [0.1, 0.15) is 18.4 Å². The van der Waals surface area contributed by atoms with Gasteiger partial charge in [-0.25, -0.2) is 9.78 Å². The molecule has 1 unspecified atom stereocenters. The van der Waals surface area contributed by atoms with Gasteiger partial charge < -0.3 is 25.4 Å². The molecule has 4 N–H and O–H groups in total. The summed E-state index contributed by atoms with van der Waals surface area (Å²) in [7, 11) is 0. The standard InChI is InChI=1S/C20H23N5O6/c1-9-2-3-13-10(4-9)11(19(29)31-13)6-24-18(28)16-17(23-20(24)21)25(8-22-16)15-5-12(27)14(7-26)30-15/h4,8,12-15,26-27H,2-3,5-7H2,1H3,(H2,21,23)/t12-,13?,14+,15+/m0/s1. The first-order valence-corrected chi connectivity index (χ1v) is 10.2. The number of rotatable bonds is 4. The van der Waals surface area contributed by atoms with E-state index in [1.807, 2.05) is 13.0 Å². The van der Waals surface area contributed by atoms with Crippen molar-refractivity contribution in [3.05, 3.63) is 39.5 Å². The fraction of sp³-hybridized carbons (Fsp3) is 0.500. The highest BCUT2D eigenvalue weighted by molar-refractivity contribution is 5.93. The molecule has 2 aromatic heterocycles. The van der Waals surface area contributed by atoms with Crippen molar-refractivity contribution in [3.8, 4) is 0 Å². The van der Waals surface area contributed by atoms with Crippen molar-refractivity contribution in [3.63, 3.8) is 0 Å². The molecule has 0 amide bonds. The molecule has 0 bridgehead atoms. The summed E-state index contributed by atoms with van der Waals surface area (Å²) in [5.74, 6) is -0.524. The van der Waals surface area contributed by atoms with Gasteiger partial charge in [-0.05, 0) is 19.8 Å². The molecule has 164 valence electrons. The molecule has 5 rings (SSSR count). The van der Waals surface area contributed by atoms with Gasteiger partial charge in [0, 0.05) is 12.0 Å². The SMILES string of the molecule is CC1=CC2=C(Cn3c(N)nc4c(ncn4[C@H]4C[C@H](O)[C@@H](CO)O4)c3=O)C(=O)OC2CC1. The van der Waals surface area contributed by atoms with Gasteiger partial charge in [-0.15, -0.1) is 0 Å². The minimum Gasteiger partial charge on any atom is -0.454 e. The van der Waals surface area contributed by atoms with Crippen LogP contribution in [-0.4, -0.2) is 60.2 Å². The zero-order valence-corrected chi connectivity index (χ0v) is 16.9. The maximum atomic E-state index is 13.1. The first-order chi connectivity index (χ1) is 14.9. The Morgan fingerprint density at radius 3 is 2.90 bits per heavy atom. The minimum absolute atomic E-state index is 0.0554. The second-order valence-electron chi connectivity index (χ2n) is 8.16. The van der Waals surface area contributed by atoms with Crippen LogP contribution in [0.25, 0.3) is 11.2 Å². The van der Waals surface area contributed by atoms with Gasteiger partial charge in [0.15, 0.2) is 11.2 Å². The van der Waals surface area contributed by atoms with Crippen LogP contribution in [0.2, 0.25) is 0 Å². The Hall–Kier alpha value is -3.02. The molecule has 4 heterocycles. The number of aromatic nitrogens is 4. The normalized spacial score (nSPS) is 28.2. The second-order valence-corrected chi connectivity index (χ2v) is 8.16. The van der Waals surface area contributed by atoms with E-state index in [1.54, 1.807) is 0 Å². The molecular weight excluding hydrogens is 406 g/mol. The molecule has 11 nitrogen and oxygen atoms in total. The molecule has 1 fully saturated rings. The zero-order valence-electron chi connectivity index (χ0n) is 16.9. The molecular formula is C20H23N5O6. The number of hydrogen-bond acceptors (Lipinski definition) is 9. The predicted molar refractivity (Wildman–Crippen MR) is 108 cm³/mol. The molecule has 1 saturated heterocycles. The fourth-order valence-corrected chi connectivity index (χ4v) is 4.41. The van der Waals surface area contributed by atoms with Gasteiger partial charge in [-0.1, -0.05) is 11.6 Å². The number of carbonyl (C=O) groups excluding carboxylic acids is 1. The number of aliphatic hydroxyl groups is 2. The average molecular weight is 429 g/mol. The van der Waals surface area contributed by atoms with Gasteiger partial charge in [-0.3, -0.25) is 13.9 Å². The lowest BCUT2D eigenvalue weighted by molar-refractivity contribution is -0.140. The summed E-state index contributed by atoms with van der Waals surface area (Å²) < 4.78 is 13.8. The summed E-state index contributed by atoms with van der Waals surface area (Å²) in [6.45, 7) is 1.61. The second kappa shape index (κ2) is 7.29. The van der Waals surface area contributed by atoms with Crippen LogP contribution in [0.1, 0.15) is 32.4 Å². The van der Waals surface area contributed by atoms with E-state index >= 15 is 0 Å². The summed E-state index contributed by atoms with van der Waals surface area (Å²) in [6.07, 6.45) is 2.66. The van der Waals surface area contributed by atoms with Crippen LogP contribution in [0, 0.1) is 0 Å². The van der Waals surface area contributed by atoms with Crippen molar-refractivity contribution in [2.75, 3.05) is 12.3 Å². The van der Waals surface area contributed by atoms with E-state index < -0.39 is 30.0 Å². The maximum absolute atomic E-state index is 13.1. The predicted octanol–water partition coefficient (Wildman–Crippen LogP) is -0.222. The van der Waals surface area contributed by atoms with Gasteiger partial charge >= 0.3 is 5.97 Å². The molecule has 2 aliphatic heterocycles. The number of aliphatic hydroxyl groups excluding tert-OH is 2. The van der Waals surface area contributed by atoms with Gasteiger partial charge in [0.2, 0.25) is 5.95 Å². The third-order valence-corrected chi connectivity index (χ3v) is 6.12. The number of fused-ring (bicyclic) bond motifs is 2. The summed E-state index contributed by atoms with van der Waals surface area (Å²) >= 11 is 0. The number of ether oxygens (including phenoxy) is 2. The van der Waals surface area contributed by atoms with Crippen molar-refractivity contribution >= 4 is 23.1 Å². The molecule has 11 heteroatoms. The first-order valence-electron chi connectivity index (χ1n) is 10.2. The highest BCUT2D eigenvalue weighted by Gasteiger charge is 2.37. The van der Waals surface area contributed by atoms with Gasteiger partial charge in [0.25, 0.3) is 5.56 Å². The van der Waals surface area contributed by atoms with Crippen LogP contribution < -0.4 is 11.3 Å². The molecule has 1 aliphatic carbocycles. The van der Waals surface area contributed by atoms with E-state index in [9.17, 15) is 19.8 Å². The largest absolute Gasteiger partial charge is 0.454 e. The van der Waals surface area contributed by atoms with Crippen LogP contribution in [0.5, 0.6) is 0 Å². The van der Waals surface area contributed by atoms with E-state index in [2.05, 4.69) is 9.97 Å². The van der Waals surface area contributed by atoms with Crippen molar-refractivity contribution in [1.29, 1.82) is 0 Å². The number of hydrogen-bond donors (Lipinski definition) is 3. The number of nitrogens with two attached hydrogens (primary N) is 1. The average Bonchev–Trinajstić information content (AvgIpc) is 3.40. The first kappa shape index (κ1) is 19.9. The molecule has 0 saturated carbocycles. The summed E-state index contributed by atoms with van der Waals surface area (Å²) in [5.41, 5.74) is 8.23. The maximum Gasteiger partial charge on any atom is 0.336 e. The molecule has 0 radical (unpaired) electrons. The molecule has 4 atom stereocenters. The Bertz CT molecular complexity index is 1190. The topological polar surface area (TPSA) is 155 Å². The Morgan fingerprint density at radius 1 is 1.35 bits per heavy atom. The van der Waals surface area contributed by atoms with Crippen LogP contribution in [0.15, 0.2) is 33.9 Å². The van der Waals surface area contributed by atoms with E-state index in [0.717, 1.165) is 24.0 Å². The highest BCUT2D eigenvalue weighted by Crippen LogP contribution is 2.34. The molecule has 0 spiro atoms. The lowest BCUT2D eigenvalue weighted by atomic mass is 9.92. The number of carbonyl (C=O) groups is 1. The van der Waals surface area contributed by atoms with Crippen LogP contribution in [0.4, 0.5) is 5.95 Å². The fourth-order valence-electron chi connectivity index (χ4n) is 4.41. The van der Waals surface area contributed by atoms with E-state index in [1.165, 1.54) is 15.5 Å². The molecule has 0 aromatic carbocycles. The van der Waals surface area contributed by atoms with Crippen LogP contribution in [0.3, 0.4) is 0 Å². The number of anilines is 1. The van der Waals surface area contributed by atoms with Gasteiger partial charge in [-0.2, -0.15) is 4.98 Å². The monoisotopic (exact) mass is 429 g/mol. The van der Waals surface area contributed by atoms with Crippen molar-refractivity contribution in [1.82, 2.24) is 19.1 Å². The van der Waals surface area contributed by atoms with Crippen molar-refractivity contribution in [2.24, 2.45) is 0 Å². The van der Waals surface area contributed by atoms with Crippen LogP contribution >= 0.6 is 0 Å². The number of esters is 1. The van der Waals surface area contributed by atoms with E-state index in [0.29, 0.717) is 5.57 Å². The third-order valence-electron chi connectivity index (χ3n) is 6.12. The number of imidazole rings is 1.